The van der Waals surface area contributed by atoms with Crippen LogP contribution in [0.15, 0.2) is 27.8 Å². The highest BCUT2D eigenvalue weighted by Crippen LogP contribution is 2.27. The number of carbonyl (C=O) groups excluding carboxylic acids is 1. The normalized spacial score (nSPS) is 11.4. The van der Waals surface area contributed by atoms with E-state index in [9.17, 15) is 14.4 Å². The van der Waals surface area contributed by atoms with Crippen LogP contribution >= 0.6 is 23.2 Å². The molecule has 0 saturated heterocycles. The minimum Gasteiger partial charge on any atom is -0.354 e. The molecular formula is C22H28Cl2N6O3. The van der Waals surface area contributed by atoms with Crippen LogP contribution in [-0.2, 0) is 25.4 Å². The quantitative estimate of drug-likeness (QED) is 0.445. The highest BCUT2D eigenvalue weighted by atomic mass is 35.5. The third kappa shape index (κ3) is 4.94. The molecule has 0 saturated carbocycles. The number of aromatic nitrogens is 4. The lowest BCUT2D eigenvalue weighted by atomic mass is 10.0. The fourth-order valence-electron chi connectivity index (χ4n) is 3.74. The Bertz CT molecular complexity index is 1270. The van der Waals surface area contributed by atoms with Crippen LogP contribution in [0.3, 0.4) is 0 Å². The van der Waals surface area contributed by atoms with E-state index >= 15 is 0 Å². The summed E-state index contributed by atoms with van der Waals surface area (Å²) in [5.74, 6) is 0.361. The number of halogens is 2. The summed E-state index contributed by atoms with van der Waals surface area (Å²) in [7, 11) is 2.98. The molecule has 1 amide bonds. The summed E-state index contributed by atoms with van der Waals surface area (Å²) in [6.07, 6.45) is 1.56. The molecule has 2 heterocycles. The van der Waals surface area contributed by atoms with Gasteiger partial charge in [0.1, 0.15) is 0 Å². The second-order valence-corrected chi connectivity index (χ2v) is 8.65. The Labute approximate surface area is 201 Å². The fraction of sp³-hybridized carbons (Fsp3) is 0.455. The summed E-state index contributed by atoms with van der Waals surface area (Å²) in [5.41, 5.74) is 0.172. The Kier molecular flexibility index (Phi) is 7.86. The molecule has 2 N–H and O–H groups in total. The highest BCUT2D eigenvalue weighted by Gasteiger charge is 2.21. The van der Waals surface area contributed by atoms with Crippen LogP contribution < -0.4 is 21.9 Å². The lowest BCUT2D eigenvalue weighted by Gasteiger charge is -2.15. The molecule has 0 aliphatic heterocycles. The van der Waals surface area contributed by atoms with E-state index in [0.29, 0.717) is 34.6 Å². The number of hydrogen-bond donors (Lipinski definition) is 2. The van der Waals surface area contributed by atoms with Gasteiger partial charge in [0.25, 0.3) is 5.56 Å². The predicted octanol–water partition coefficient (Wildman–Crippen LogP) is 2.75. The SMILES string of the molecule is CCC(CC)C(=O)NCCNc1nc2c(c(=O)n(C)c(=O)n2C)n1Cc1c(Cl)cccc1Cl. The Morgan fingerprint density at radius 2 is 1.70 bits per heavy atom. The van der Waals surface area contributed by atoms with Crippen LogP contribution in [0.25, 0.3) is 11.2 Å². The minimum absolute atomic E-state index is 0.00872. The molecule has 0 atom stereocenters. The van der Waals surface area contributed by atoms with Gasteiger partial charge in [-0.2, -0.15) is 4.98 Å². The lowest BCUT2D eigenvalue weighted by molar-refractivity contribution is -0.125. The number of carbonyl (C=O) groups is 1. The summed E-state index contributed by atoms with van der Waals surface area (Å²) >= 11 is 12.7. The smallest absolute Gasteiger partial charge is 0.332 e. The zero-order valence-electron chi connectivity index (χ0n) is 19.1. The standard InChI is InChI=1S/C22H28Cl2N6O3/c1-5-13(6-2)19(31)25-10-11-26-21-27-18-17(20(32)29(4)22(33)28(18)3)30(21)12-14-15(23)8-7-9-16(14)24/h7-9,13H,5-6,10-12H2,1-4H3,(H,25,31)(H,26,27). The number of imidazole rings is 1. The Hall–Kier alpha value is -2.78. The van der Waals surface area contributed by atoms with E-state index in [1.54, 1.807) is 29.8 Å². The summed E-state index contributed by atoms with van der Waals surface area (Å²) in [4.78, 5) is 42.2. The first-order valence-electron chi connectivity index (χ1n) is 10.8. The molecule has 0 spiro atoms. The number of benzene rings is 1. The van der Waals surface area contributed by atoms with Gasteiger partial charge in [-0.05, 0) is 25.0 Å². The van der Waals surface area contributed by atoms with Crippen LogP contribution in [0.4, 0.5) is 5.95 Å². The average Bonchev–Trinajstić information content (AvgIpc) is 3.15. The maximum atomic E-state index is 13.0. The molecule has 1 aromatic carbocycles. The van der Waals surface area contributed by atoms with Crippen LogP contribution in [0, 0.1) is 5.92 Å². The van der Waals surface area contributed by atoms with Gasteiger partial charge in [0.05, 0.1) is 6.54 Å². The van der Waals surface area contributed by atoms with Crippen molar-refractivity contribution in [1.82, 2.24) is 24.0 Å². The van der Waals surface area contributed by atoms with Crippen molar-refractivity contribution in [1.29, 1.82) is 0 Å². The maximum Gasteiger partial charge on any atom is 0.332 e. The molecule has 0 radical (unpaired) electrons. The van der Waals surface area contributed by atoms with E-state index in [2.05, 4.69) is 15.6 Å². The van der Waals surface area contributed by atoms with Crippen LogP contribution in [0.2, 0.25) is 10.0 Å². The number of rotatable bonds is 9. The first-order valence-corrected chi connectivity index (χ1v) is 11.6. The second kappa shape index (κ2) is 10.4. The molecule has 11 heteroatoms. The molecule has 33 heavy (non-hydrogen) atoms. The summed E-state index contributed by atoms with van der Waals surface area (Å²) in [5, 5.41) is 6.99. The predicted molar refractivity (Wildman–Crippen MR) is 131 cm³/mol. The second-order valence-electron chi connectivity index (χ2n) is 7.83. The largest absolute Gasteiger partial charge is 0.354 e. The summed E-state index contributed by atoms with van der Waals surface area (Å²) in [6, 6.07) is 5.18. The zero-order chi connectivity index (χ0) is 24.3. The van der Waals surface area contributed by atoms with E-state index in [4.69, 9.17) is 23.2 Å². The number of nitrogens with zero attached hydrogens (tertiary/aromatic N) is 4. The van der Waals surface area contributed by atoms with Gasteiger partial charge in [-0.25, -0.2) is 4.79 Å². The number of aryl methyl sites for hydroxylation is 1. The molecule has 2 aromatic heterocycles. The van der Waals surface area contributed by atoms with E-state index < -0.39 is 11.2 Å². The molecule has 178 valence electrons. The fourth-order valence-corrected chi connectivity index (χ4v) is 4.26. The summed E-state index contributed by atoms with van der Waals surface area (Å²) in [6.45, 7) is 4.89. The third-order valence-corrected chi connectivity index (χ3v) is 6.50. The van der Waals surface area contributed by atoms with Crippen molar-refractivity contribution >= 4 is 46.2 Å². The minimum atomic E-state index is -0.475. The molecule has 9 nitrogen and oxygen atoms in total. The molecule has 0 aliphatic carbocycles. The lowest BCUT2D eigenvalue weighted by Crippen LogP contribution is -2.37. The van der Waals surface area contributed by atoms with Crippen molar-refractivity contribution in [3.8, 4) is 0 Å². The molecular weight excluding hydrogens is 467 g/mol. The van der Waals surface area contributed by atoms with E-state index in [0.717, 1.165) is 17.4 Å². The Balaban J connectivity index is 1.98. The van der Waals surface area contributed by atoms with Gasteiger partial charge in [0.15, 0.2) is 11.2 Å². The van der Waals surface area contributed by atoms with Crippen molar-refractivity contribution in [3.63, 3.8) is 0 Å². The van der Waals surface area contributed by atoms with Gasteiger partial charge in [0, 0.05) is 48.7 Å². The van der Waals surface area contributed by atoms with Gasteiger partial charge in [-0.1, -0.05) is 43.1 Å². The van der Waals surface area contributed by atoms with E-state index in [1.165, 1.54) is 11.6 Å². The molecule has 0 bridgehead atoms. The zero-order valence-corrected chi connectivity index (χ0v) is 20.6. The highest BCUT2D eigenvalue weighted by molar-refractivity contribution is 6.36. The van der Waals surface area contributed by atoms with Gasteiger partial charge in [-0.15, -0.1) is 0 Å². The Morgan fingerprint density at radius 3 is 2.30 bits per heavy atom. The number of hydrogen-bond acceptors (Lipinski definition) is 5. The van der Waals surface area contributed by atoms with Crippen LogP contribution in [0.1, 0.15) is 32.3 Å². The van der Waals surface area contributed by atoms with Crippen LogP contribution in [-0.4, -0.2) is 37.7 Å². The van der Waals surface area contributed by atoms with Crippen molar-refractivity contribution < 1.29 is 4.79 Å². The van der Waals surface area contributed by atoms with Crippen molar-refractivity contribution in [3.05, 3.63) is 54.6 Å². The number of anilines is 1. The molecule has 0 aliphatic rings. The van der Waals surface area contributed by atoms with Gasteiger partial charge >= 0.3 is 5.69 Å². The van der Waals surface area contributed by atoms with E-state index in [-0.39, 0.29) is 29.5 Å². The first kappa shape index (κ1) is 24.9. The molecule has 3 aromatic rings. The van der Waals surface area contributed by atoms with Gasteiger partial charge < -0.3 is 10.6 Å². The van der Waals surface area contributed by atoms with E-state index in [1.807, 2.05) is 13.8 Å². The van der Waals surface area contributed by atoms with Gasteiger partial charge in [-0.3, -0.25) is 23.3 Å². The number of amides is 1. The van der Waals surface area contributed by atoms with Crippen molar-refractivity contribution in [2.75, 3.05) is 18.4 Å². The average molecular weight is 495 g/mol. The van der Waals surface area contributed by atoms with Crippen molar-refractivity contribution in [2.45, 2.75) is 33.2 Å². The monoisotopic (exact) mass is 494 g/mol. The van der Waals surface area contributed by atoms with Crippen LogP contribution in [0.5, 0.6) is 0 Å². The first-order chi connectivity index (χ1) is 15.7. The number of fused-ring (bicyclic) bond motifs is 1. The topological polar surface area (TPSA) is 103 Å². The third-order valence-electron chi connectivity index (χ3n) is 5.79. The molecule has 0 fully saturated rings. The maximum absolute atomic E-state index is 13.0. The summed E-state index contributed by atoms with van der Waals surface area (Å²) < 4.78 is 4.02. The molecule has 3 rings (SSSR count). The Morgan fingerprint density at radius 1 is 1.06 bits per heavy atom. The number of nitrogens with one attached hydrogen (secondary N) is 2. The molecule has 0 unspecified atom stereocenters. The van der Waals surface area contributed by atoms with Gasteiger partial charge in [0.2, 0.25) is 11.9 Å². The van der Waals surface area contributed by atoms with Crippen molar-refractivity contribution in [2.24, 2.45) is 20.0 Å².